The molecule has 1 heterocycles. The van der Waals surface area contributed by atoms with E-state index in [1.165, 1.54) is 0 Å². The van der Waals surface area contributed by atoms with Gasteiger partial charge in [0.05, 0.1) is 12.2 Å². The van der Waals surface area contributed by atoms with E-state index in [1.807, 2.05) is 18.2 Å². The molecule has 19 heavy (non-hydrogen) atoms. The average molecular weight is 390 g/mol. The quantitative estimate of drug-likeness (QED) is 0.735. The van der Waals surface area contributed by atoms with Gasteiger partial charge in [-0.05, 0) is 47.1 Å². The van der Waals surface area contributed by atoms with Crippen molar-refractivity contribution in [1.29, 1.82) is 0 Å². The topological polar surface area (TPSA) is 63.0 Å². The van der Waals surface area contributed by atoms with E-state index >= 15 is 0 Å². The molecule has 0 amide bonds. The highest BCUT2D eigenvalue weighted by Crippen LogP contribution is 2.28. The van der Waals surface area contributed by atoms with Gasteiger partial charge in [0.15, 0.2) is 0 Å². The van der Waals surface area contributed by atoms with Gasteiger partial charge in [0.25, 0.3) is 0 Å². The Morgan fingerprint density at radius 1 is 1.26 bits per heavy atom. The zero-order chi connectivity index (χ0) is 13.7. The second-order valence-electron chi connectivity index (χ2n) is 3.93. The Kier molecular flexibility index (Phi) is 5.35. The molecule has 0 atom stereocenters. The molecule has 2 N–H and O–H groups in total. The molecule has 0 aliphatic rings. The van der Waals surface area contributed by atoms with Gasteiger partial charge in [-0.1, -0.05) is 28.0 Å². The molecule has 0 aliphatic heterocycles. The number of benzene rings is 1. The van der Waals surface area contributed by atoms with Gasteiger partial charge in [0, 0.05) is 8.95 Å². The molecule has 7 heteroatoms. The minimum absolute atomic E-state index is 0.382. The third-order valence-electron chi connectivity index (χ3n) is 2.34. The summed E-state index contributed by atoms with van der Waals surface area (Å²) in [4.78, 5) is 0. The van der Waals surface area contributed by atoms with E-state index in [1.54, 1.807) is 0 Å². The number of hydrogen-bond donors (Lipinski definition) is 2. The van der Waals surface area contributed by atoms with Gasteiger partial charge >= 0.3 is 6.01 Å². The van der Waals surface area contributed by atoms with Crippen LogP contribution in [0.15, 0.2) is 31.6 Å². The molecule has 0 radical (unpaired) electrons. The van der Waals surface area contributed by atoms with Gasteiger partial charge in [0.1, 0.15) is 0 Å². The summed E-state index contributed by atoms with van der Waals surface area (Å²) in [6.07, 6.45) is 1.07. The predicted octanol–water partition coefficient (Wildman–Crippen LogP) is 3.84. The Balaban J connectivity index is 2.01. The Hall–Kier alpha value is -0.920. The SMILES string of the molecule is CCCNCc1nnc(Nc2cc(Br)ccc2Br)o1. The molecule has 5 nitrogen and oxygen atoms in total. The van der Waals surface area contributed by atoms with Gasteiger partial charge in [-0.2, -0.15) is 0 Å². The molecule has 2 rings (SSSR count). The molecule has 1 aromatic carbocycles. The maximum atomic E-state index is 5.50. The van der Waals surface area contributed by atoms with Crippen molar-refractivity contribution in [3.8, 4) is 0 Å². The number of hydrogen-bond acceptors (Lipinski definition) is 5. The van der Waals surface area contributed by atoms with Crippen LogP contribution in [-0.2, 0) is 6.54 Å². The first-order valence-corrected chi connectivity index (χ1v) is 7.53. The standard InChI is InChI=1S/C12H14Br2N4O/c1-2-5-15-7-11-17-18-12(19-11)16-10-6-8(13)3-4-9(10)14/h3-4,6,15H,2,5,7H2,1H3,(H,16,18). The predicted molar refractivity (Wildman–Crippen MR) is 81.4 cm³/mol. The van der Waals surface area contributed by atoms with Crippen LogP contribution < -0.4 is 10.6 Å². The lowest BCUT2D eigenvalue weighted by Gasteiger charge is -2.04. The monoisotopic (exact) mass is 388 g/mol. The third kappa shape index (κ3) is 4.29. The molecule has 0 spiro atoms. The molecular weight excluding hydrogens is 376 g/mol. The lowest BCUT2D eigenvalue weighted by molar-refractivity contribution is 0.479. The highest BCUT2D eigenvalue weighted by molar-refractivity contribution is 9.11. The first-order chi connectivity index (χ1) is 9.19. The number of nitrogens with one attached hydrogen (secondary N) is 2. The van der Waals surface area contributed by atoms with Crippen molar-refractivity contribution >= 4 is 43.6 Å². The molecule has 0 unspecified atom stereocenters. The van der Waals surface area contributed by atoms with Crippen LogP contribution in [0.25, 0.3) is 0 Å². The minimum atomic E-state index is 0.382. The number of halogens is 2. The lowest BCUT2D eigenvalue weighted by Crippen LogP contribution is -2.13. The Labute approximate surface area is 128 Å². The van der Waals surface area contributed by atoms with E-state index in [0.29, 0.717) is 18.5 Å². The summed E-state index contributed by atoms with van der Waals surface area (Å²) in [6.45, 7) is 3.63. The number of aromatic nitrogens is 2. The first kappa shape index (κ1) is 14.5. The van der Waals surface area contributed by atoms with Gasteiger partial charge < -0.3 is 15.1 Å². The van der Waals surface area contributed by atoms with E-state index in [0.717, 1.165) is 27.6 Å². The van der Waals surface area contributed by atoms with Gasteiger partial charge in [0.2, 0.25) is 5.89 Å². The van der Waals surface area contributed by atoms with Crippen LogP contribution in [0.2, 0.25) is 0 Å². The van der Waals surface area contributed by atoms with E-state index < -0.39 is 0 Å². The van der Waals surface area contributed by atoms with Crippen LogP contribution in [0.3, 0.4) is 0 Å². The zero-order valence-electron chi connectivity index (χ0n) is 10.4. The summed E-state index contributed by atoms with van der Waals surface area (Å²) >= 11 is 6.88. The van der Waals surface area contributed by atoms with Crippen LogP contribution in [0.1, 0.15) is 19.2 Å². The van der Waals surface area contributed by atoms with Crippen LogP contribution in [0.5, 0.6) is 0 Å². The highest BCUT2D eigenvalue weighted by Gasteiger charge is 2.08. The molecule has 2 aromatic rings. The van der Waals surface area contributed by atoms with Crippen LogP contribution >= 0.6 is 31.9 Å². The maximum absolute atomic E-state index is 5.50. The Morgan fingerprint density at radius 2 is 2.11 bits per heavy atom. The second-order valence-corrected chi connectivity index (χ2v) is 5.70. The summed E-state index contributed by atoms with van der Waals surface area (Å²) in [7, 11) is 0. The van der Waals surface area contributed by atoms with Crippen LogP contribution in [0.4, 0.5) is 11.7 Å². The fraction of sp³-hybridized carbons (Fsp3) is 0.333. The lowest BCUT2D eigenvalue weighted by atomic mass is 10.3. The van der Waals surface area contributed by atoms with E-state index in [-0.39, 0.29) is 0 Å². The van der Waals surface area contributed by atoms with E-state index in [9.17, 15) is 0 Å². The zero-order valence-corrected chi connectivity index (χ0v) is 13.6. The van der Waals surface area contributed by atoms with E-state index in [2.05, 4.69) is 59.6 Å². The van der Waals surface area contributed by atoms with E-state index in [4.69, 9.17) is 4.42 Å². The van der Waals surface area contributed by atoms with Crippen molar-refractivity contribution in [2.45, 2.75) is 19.9 Å². The molecule has 0 saturated carbocycles. The van der Waals surface area contributed by atoms with Crippen molar-refractivity contribution in [2.75, 3.05) is 11.9 Å². The van der Waals surface area contributed by atoms with Gasteiger partial charge in [-0.15, -0.1) is 5.10 Å². The van der Waals surface area contributed by atoms with Gasteiger partial charge in [-0.25, -0.2) is 0 Å². The van der Waals surface area contributed by atoms with Crippen LogP contribution in [0, 0.1) is 0 Å². The number of anilines is 2. The second kappa shape index (κ2) is 7.02. The van der Waals surface area contributed by atoms with Crippen molar-refractivity contribution in [3.05, 3.63) is 33.0 Å². The summed E-state index contributed by atoms with van der Waals surface area (Å²) in [5, 5.41) is 14.2. The normalized spacial score (nSPS) is 10.7. The first-order valence-electron chi connectivity index (χ1n) is 5.94. The molecule has 0 aliphatic carbocycles. The molecule has 0 fully saturated rings. The minimum Gasteiger partial charge on any atom is -0.406 e. The number of nitrogens with zero attached hydrogens (tertiary/aromatic N) is 2. The molecule has 0 bridgehead atoms. The fourth-order valence-electron chi connectivity index (χ4n) is 1.46. The Morgan fingerprint density at radius 3 is 2.89 bits per heavy atom. The highest BCUT2D eigenvalue weighted by atomic mass is 79.9. The summed E-state index contributed by atoms with van der Waals surface area (Å²) in [6, 6.07) is 6.20. The van der Waals surface area contributed by atoms with Crippen molar-refractivity contribution in [3.63, 3.8) is 0 Å². The molecule has 102 valence electrons. The maximum Gasteiger partial charge on any atom is 0.320 e. The van der Waals surface area contributed by atoms with Crippen molar-refractivity contribution in [2.24, 2.45) is 0 Å². The van der Waals surface area contributed by atoms with Crippen molar-refractivity contribution in [1.82, 2.24) is 15.5 Å². The van der Waals surface area contributed by atoms with Crippen molar-refractivity contribution < 1.29 is 4.42 Å². The molecule has 0 saturated heterocycles. The van der Waals surface area contributed by atoms with Gasteiger partial charge in [-0.3, -0.25) is 0 Å². The molecular formula is C12H14Br2N4O. The van der Waals surface area contributed by atoms with Crippen LogP contribution in [-0.4, -0.2) is 16.7 Å². The fourth-order valence-corrected chi connectivity index (χ4v) is 2.16. The number of rotatable bonds is 6. The summed E-state index contributed by atoms with van der Waals surface area (Å²) in [5.41, 5.74) is 0.867. The summed E-state index contributed by atoms with van der Waals surface area (Å²) < 4.78 is 7.40. The average Bonchev–Trinajstić information content (AvgIpc) is 2.82. The third-order valence-corrected chi connectivity index (χ3v) is 3.52. The molecule has 1 aromatic heterocycles. The summed E-state index contributed by atoms with van der Waals surface area (Å²) in [5.74, 6) is 0.571. The Bertz CT molecular complexity index is 544. The largest absolute Gasteiger partial charge is 0.406 e. The smallest absolute Gasteiger partial charge is 0.320 e.